The van der Waals surface area contributed by atoms with Gasteiger partial charge in [0.25, 0.3) is 0 Å². The van der Waals surface area contributed by atoms with Crippen LogP contribution in [0.3, 0.4) is 0 Å². The summed E-state index contributed by atoms with van der Waals surface area (Å²) in [4.78, 5) is 17.1. The summed E-state index contributed by atoms with van der Waals surface area (Å²) in [7, 11) is 1.63. The van der Waals surface area contributed by atoms with E-state index in [1.165, 1.54) is 35.7 Å². The van der Waals surface area contributed by atoms with Crippen LogP contribution in [0.4, 0.5) is 10.5 Å². The molecule has 0 aliphatic rings. The summed E-state index contributed by atoms with van der Waals surface area (Å²) in [5, 5.41) is 16.9. The van der Waals surface area contributed by atoms with Gasteiger partial charge >= 0.3 is 6.03 Å². The highest BCUT2D eigenvalue weighted by Crippen LogP contribution is 2.20. The van der Waals surface area contributed by atoms with E-state index >= 15 is 0 Å². The van der Waals surface area contributed by atoms with Crippen molar-refractivity contribution < 1.29 is 4.79 Å². The number of allylic oxidation sites excluding steroid dienone is 1. The van der Waals surface area contributed by atoms with Crippen molar-refractivity contribution in [3.05, 3.63) is 42.0 Å². The summed E-state index contributed by atoms with van der Waals surface area (Å²) in [5.74, 6) is 0.364. The van der Waals surface area contributed by atoms with Crippen molar-refractivity contribution in [2.45, 2.75) is 0 Å². The van der Waals surface area contributed by atoms with Crippen molar-refractivity contribution in [2.24, 2.45) is 5.10 Å². The van der Waals surface area contributed by atoms with Gasteiger partial charge in [-0.05, 0) is 6.07 Å². The largest absolute Gasteiger partial charge is 0.323 e. The topological polar surface area (TPSA) is 109 Å². The molecule has 2 rings (SSSR count). The molecule has 22 heavy (non-hydrogen) atoms. The predicted molar refractivity (Wildman–Crippen MR) is 83.0 cm³/mol. The maximum Gasteiger partial charge on any atom is 0.323 e. The monoisotopic (exact) mass is 320 g/mol. The molecule has 0 atom stereocenters. The normalized spacial score (nSPS) is 10.5. The summed E-state index contributed by atoms with van der Waals surface area (Å²) in [6.07, 6.45) is 5.83. The number of nitrogens with zero attached hydrogens (tertiary/aromatic N) is 5. The first kappa shape index (κ1) is 15.4. The van der Waals surface area contributed by atoms with Crippen LogP contribution in [0, 0.1) is 0 Å². The van der Waals surface area contributed by atoms with Gasteiger partial charge in [0.2, 0.25) is 0 Å². The average molecular weight is 321 g/mol. The molecule has 3 N–H and O–H groups in total. The Labute approximate surface area is 131 Å². The number of carbonyl (C=O) groups is 1. The van der Waals surface area contributed by atoms with Crippen molar-refractivity contribution in [1.29, 1.82) is 0 Å². The zero-order chi connectivity index (χ0) is 15.9. The molecule has 0 aliphatic carbocycles. The van der Waals surface area contributed by atoms with Gasteiger partial charge in [-0.2, -0.15) is 15.3 Å². The van der Waals surface area contributed by atoms with Gasteiger partial charge in [-0.1, -0.05) is 18.2 Å². The minimum absolute atomic E-state index is 0.296. The predicted octanol–water partition coefficient (Wildman–Crippen LogP) is 1.16. The Morgan fingerprint density at radius 3 is 2.82 bits per heavy atom. The van der Waals surface area contributed by atoms with E-state index < -0.39 is 6.03 Å². The number of carbonyl (C=O) groups excluding carboxylic acids is 1. The number of nitrogens with one attached hydrogen (secondary N) is 3. The van der Waals surface area contributed by atoms with Crippen LogP contribution in [0.2, 0.25) is 5.02 Å². The number of hydrogen-bond acceptors (Lipinski definition) is 6. The molecule has 0 fully saturated rings. The number of halogens is 1. The lowest BCUT2D eigenvalue weighted by Crippen LogP contribution is -2.28. The first-order chi connectivity index (χ1) is 10.6. The van der Waals surface area contributed by atoms with E-state index in [1.54, 1.807) is 7.05 Å². The number of rotatable bonds is 5. The Balaban J connectivity index is 2.02. The highest BCUT2D eigenvalue weighted by Gasteiger charge is 2.09. The lowest BCUT2D eigenvalue weighted by Gasteiger charge is -2.08. The van der Waals surface area contributed by atoms with E-state index in [2.05, 4.69) is 42.9 Å². The zero-order valence-electron chi connectivity index (χ0n) is 11.6. The van der Waals surface area contributed by atoms with Gasteiger partial charge in [0, 0.05) is 7.05 Å². The molecular formula is C12H13ClN8O. The van der Waals surface area contributed by atoms with Crippen molar-refractivity contribution in [3.8, 4) is 5.82 Å². The average Bonchev–Trinajstić information content (AvgIpc) is 2.99. The lowest BCUT2D eigenvalue weighted by molar-refractivity contribution is 0.254. The smallest absolute Gasteiger partial charge is 0.313 e. The maximum atomic E-state index is 11.7. The van der Waals surface area contributed by atoms with E-state index in [-0.39, 0.29) is 0 Å². The molecule has 2 amide bonds. The summed E-state index contributed by atoms with van der Waals surface area (Å²) >= 11 is 6.10. The Morgan fingerprint density at radius 2 is 2.18 bits per heavy atom. The Kier molecular flexibility index (Phi) is 5.04. The molecule has 10 heteroatoms. The van der Waals surface area contributed by atoms with Gasteiger partial charge in [0.15, 0.2) is 5.82 Å². The molecule has 0 radical (unpaired) electrons. The van der Waals surface area contributed by atoms with E-state index in [9.17, 15) is 4.79 Å². The quantitative estimate of drug-likeness (QED) is 0.565. The lowest BCUT2D eigenvalue weighted by atomic mass is 10.4. The number of aromatic nitrogens is 4. The number of anilines is 1. The summed E-state index contributed by atoms with van der Waals surface area (Å²) in [6, 6.07) is 1.05. The molecule has 0 saturated carbocycles. The fraction of sp³-hybridized carbons (Fsp3) is 0.0833. The van der Waals surface area contributed by atoms with Crippen LogP contribution in [-0.4, -0.2) is 39.3 Å². The van der Waals surface area contributed by atoms with Crippen molar-refractivity contribution >= 4 is 29.5 Å². The van der Waals surface area contributed by atoms with E-state index in [4.69, 9.17) is 11.6 Å². The number of hydrazone groups is 1. The molecule has 2 aromatic rings. The number of hydrogen-bond donors (Lipinski definition) is 3. The Hall–Kier alpha value is -2.94. The fourth-order valence-corrected chi connectivity index (χ4v) is 1.70. The van der Waals surface area contributed by atoms with Gasteiger partial charge in [0.05, 0.1) is 41.2 Å². The maximum absolute atomic E-state index is 11.7. The van der Waals surface area contributed by atoms with Gasteiger partial charge < -0.3 is 16.1 Å². The minimum atomic E-state index is -0.490. The molecular weight excluding hydrogens is 308 g/mol. The minimum Gasteiger partial charge on any atom is -0.313 e. The van der Waals surface area contributed by atoms with Crippen LogP contribution in [0.15, 0.2) is 42.0 Å². The zero-order valence-corrected chi connectivity index (χ0v) is 12.4. The summed E-state index contributed by atoms with van der Waals surface area (Å²) < 4.78 is 0. The first-order valence-corrected chi connectivity index (χ1v) is 6.47. The van der Waals surface area contributed by atoms with Gasteiger partial charge in [0.1, 0.15) is 0 Å². The van der Waals surface area contributed by atoms with Crippen molar-refractivity contribution in [3.63, 3.8) is 0 Å². The number of urea groups is 1. The molecule has 9 nitrogen and oxygen atoms in total. The third-order valence-electron chi connectivity index (χ3n) is 2.31. The highest BCUT2D eigenvalue weighted by atomic mass is 35.5. The number of amides is 2. The van der Waals surface area contributed by atoms with E-state index in [0.29, 0.717) is 22.2 Å². The third kappa shape index (κ3) is 4.03. The van der Waals surface area contributed by atoms with Crippen LogP contribution >= 0.6 is 11.6 Å². The summed E-state index contributed by atoms with van der Waals surface area (Å²) in [6.45, 7) is 3.62. The molecule has 0 unspecified atom stereocenters. The molecule has 0 aliphatic heterocycles. The molecule has 0 aromatic carbocycles. The summed E-state index contributed by atoms with van der Waals surface area (Å²) in [5.41, 5.74) is 3.28. The molecule has 2 aromatic heterocycles. The SMILES string of the molecule is C=C(/C=N\NC)NC(=O)Nc1cnc(-n2nccn2)c(Cl)c1. The first-order valence-electron chi connectivity index (χ1n) is 6.09. The van der Waals surface area contributed by atoms with Crippen LogP contribution in [0.5, 0.6) is 0 Å². The highest BCUT2D eigenvalue weighted by molar-refractivity contribution is 6.32. The van der Waals surface area contributed by atoms with Gasteiger partial charge in [-0.15, -0.1) is 4.80 Å². The second-order valence-corrected chi connectivity index (χ2v) is 4.34. The van der Waals surface area contributed by atoms with Crippen molar-refractivity contribution in [1.82, 2.24) is 30.7 Å². The second kappa shape index (κ2) is 7.18. The third-order valence-corrected chi connectivity index (χ3v) is 2.59. The van der Waals surface area contributed by atoms with Gasteiger partial charge in [-0.25, -0.2) is 9.78 Å². The van der Waals surface area contributed by atoms with Crippen LogP contribution in [0.25, 0.3) is 5.82 Å². The van der Waals surface area contributed by atoms with Crippen LogP contribution in [-0.2, 0) is 0 Å². The van der Waals surface area contributed by atoms with Crippen molar-refractivity contribution in [2.75, 3.05) is 12.4 Å². The number of pyridine rings is 1. The molecule has 0 saturated heterocycles. The van der Waals surface area contributed by atoms with Crippen LogP contribution < -0.4 is 16.1 Å². The Morgan fingerprint density at radius 1 is 1.45 bits per heavy atom. The fourth-order valence-electron chi connectivity index (χ4n) is 1.45. The molecule has 2 heterocycles. The standard InChI is InChI=1S/C12H13ClN8O/c1-8(6-16-14-2)19-12(22)20-9-5-10(13)11(15-7-9)21-17-3-4-18-21/h3-7,14H,1H2,2H3,(H2,19,20,22)/b16-6-. The molecule has 114 valence electrons. The van der Waals surface area contributed by atoms with E-state index in [0.717, 1.165) is 0 Å². The van der Waals surface area contributed by atoms with E-state index in [1.807, 2.05) is 0 Å². The van der Waals surface area contributed by atoms with Crippen LogP contribution in [0.1, 0.15) is 0 Å². The Bertz CT molecular complexity index is 697. The molecule has 0 bridgehead atoms. The van der Waals surface area contributed by atoms with Gasteiger partial charge in [-0.3, -0.25) is 0 Å². The molecule has 0 spiro atoms. The second-order valence-electron chi connectivity index (χ2n) is 3.93.